The first-order valence-electron chi connectivity index (χ1n) is 10.3. The number of nitrogens with zero attached hydrogens (tertiary/aromatic N) is 3. The predicted molar refractivity (Wildman–Crippen MR) is 110 cm³/mol. The molecule has 6 heteroatoms. The molecule has 0 amide bonds. The fourth-order valence-corrected chi connectivity index (χ4v) is 7.17. The molecule has 2 aromatic heterocycles. The Morgan fingerprint density at radius 1 is 1.04 bits per heavy atom. The summed E-state index contributed by atoms with van der Waals surface area (Å²) in [6.07, 6.45) is 9.00. The number of H-pyrrole nitrogens is 1. The van der Waals surface area contributed by atoms with Gasteiger partial charge in [0.05, 0.1) is 0 Å². The number of aryl methyl sites for hydroxylation is 1. The lowest BCUT2D eigenvalue weighted by Gasteiger charge is -2.30. The third-order valence-electron chi connectivity index (χ3n) is 7.22. The molecule has 4 nitrogen and oxygen atoms in total. The molecule has 4 fully saturated rings. The van der Waals surface area contributed by atoms with Crippen molar-refractivity contribution in [1.29, 1.82) is 0 Å². The summed E-state index contributed by atoms with van der Waals surface area (Å²) in [7, 11) is 0. The normalized spacial score (nSPS) is 32.2. The van der Waals surface area contributed by atoms with E-state index in [1.54, 1.807) is 0 Å². The number of aromatic amines is 1. The van der Waals surface area contributed by atoms with Crippen LogP contribution in [0.4, 0.5) is 0 Å². The van der Waals surface area contributed by atoms with Gasteiger partial charge >= 0.3 is 0 Å². The second-order valence-electron chi connectivity index (χ2n) is 8.88. The molecule has 2 aromatic rings. The molecule has 1 N–H and O–H groups in total. The van der Waals surface area contributed by atoms with Crippen LogP contribution >= 0.6 is 24.4 Å². The summed E-state index contributed by atoms with van der Waals surface area (Å²) in [5.41, 5.74) is 2.31. The van der Waals surface area contributed by atoms with E-state index in [4.69, 9.17) is 29.4 Å². The van der Waals surface area contributed by atoms with Gasteiger partial charge in [-0.05, 0) is 74.9 Å². The molecular weight excluding hydrogens is 360 g/mol. The third-order valence-corrected chi connectivity index (χ3v) is 8.08. The highest BCUT2D eigenvalue weighted by atomic mass is 32.1. The zero-order valence-electron chi connectivity index (χ0n) is 15.8. The van der Waals surface area contributed by atoms with E-state index in [1.807, 2.05) is 0 Å². The molecule has 2 atom stereocenters. The van der Waals surface area contributed by atoms with Gasteiger partial charge in [-0.15, -0.1) is 0 Å². The van der Waals surface area contributed by atoms with Crippen molar-refractivity contribution in [1.82, 2.24) is 19.1 Å². The maximum absolute atomic E-state index is 5.84. The lowest BCUT2D eigenvalue weighted by atomic mass is 9.75. The maximum Gasteiger partial charge on any atom is 0.182 e. The first-order valence-corrected chi connectivity index (χ1v) is 11.1. The highest BCUT2D eigenvalue weighted by molar-refractivity contribution is 7.72. The van der Waals surface area contributed by atoms with Crippen LogP contribution in [-0.2, 0) is 18.5 Å². The molecule has 140 valence electrons. The van der Waals surface area contributed by atoms with Crippen molar-refractivity contribution in [3.63, 3.8) is 0 Å². The van der Waals surface area contributed by atoms with Crippen molar-refractivity contribution in [3.8, 4) is 0 Å². The molecule has 0 radical (unpaired) electrons. The average molecular weight is 389 g/mol. The predicted octanol–water partition coefficient (Wildman–Crippen LogP) is 5.52. The summed E-state index contributed by atoms with van der Waals surface area (Å²) in [6.45, 7) is 6.16. The molecule has 0 aliphatic heterocycles. The quantitative estimate of drug-likeness (QED) is 0.685. The van der Waals surface area contributed by atoms with Crippen molar-refractivity contribution in [2.24, 2.45) is 17.8 Å². The summed E-state index contributed by atoms with van der Waals surface area (Å²) >= 11 is 11.6. The van der Waals surface area contributed by atoms with Crippen molar-refractivity contribution >= 4 is 35.6 Å². The highest BCUT2D eigenvalue weighted by Crippen LogP contribution is 2.65. The molecular formula is C20H28N4S2. The SMILES string of the molecule is CCCn1c(=S)c2[nH]c(C34CC5CC(CC3C5)C4)nc2n(CCC)c1=S. The summed E-state index contributed by atoms with van der Waals surface area (Å²) in [5, 5.41) is 0. The first-order chi connectivity index (χ1) is 12.6. The van der Waals surface area contributed by atoms with Crippen molar-refractivity contribution in [2.75, 3.05) is 0 Å². The molecule has 0 saturated heterocycles. The Kier molecular flexibility index (Phi) is 3.95. The third kappa shape index (κ3) is 2.21. The zero-order valence-corrected chi connectivity index (χ0v) is 17.4. The van der Waals surface area contributed by atoms with Crippen LogP contribution < -0.4 is 0 Å². The topological polar surface area (TPSA) is 38.5 Å². The number of hydrogen-bond donors (Lipinski definition) is 1. The molecule has 2 heterocycles. The second-order valence-corrected chi connectivity index (χ2v) is 9.63. The van der Waals surface area contributed by atoms with Gasteiger partial charge in [0, 0.05) is 18.5 Å². The Bertz CT molecular complexity index is 968. The van der Waals surface area contributed by atoms with E-state index < -0.39 is 0 Å². The standard InChI is InChI=1S/C20H28N4S2/c1-3-5-23-16-15(17(25)24(6-4-2)19(23)26)21-18(22-16)20-10-12-7-13(11-20)9-14(20)8-12/h12-14H,3-11H2,1-2H3,(H,21,22). The Labute approximate surface area is 165 Å². The zero-order chi connectivity index (χ0) is 18.1. The van der Waals surface area contributed by atoms with E-state index in [2.05, 4.69) is 28.0 Å². The highest BCUT2D eigenvalue weighted by Gasteiger charge is 2.59. The number of fused-ring (bicyclic) bond motifs is 1. The summed E-state index contributed by atoms with van der Waals surface area (Å²) in [6, 6.07) is 0. The lowest BCUT2D eigenvalue weighted by molar-refractivity contribution is 0.262. The van der Waals surface area contributed by atoms with Gasteiger partial charge in [0.15, 0.2) is 10.4 Å². The van der Waals surface area contributed by atoms with Gasteiger partial charge in [-0.25, -0.2) is 4.98 Å². The molecule has 0 aromatic carbocycles. The van der Waals surface area contributed by atoms with E-state index in [0.717, 1.165) is 64.3 Å². The molecule has 0 spiro atoms. The summed E-state index contributed by atoms with van der Waals surface area (Å²) in [4.78, 5) is 8.92. The van der Waals surface area contributed by atoms with Crippen LogP contribution in [0.2, 0.25) is 0 Å². The van der Waals surface area contributed by atoms with Gasteiger partial charge in [-0.2, -0.15) is 0 Å². The van der Waals surface area contributed by atoms with Gasteiger partial charge in [-0.1, -0.05) is 26.1 Å². The summed E-state index contributed by atoms with van der Waals surface area (Å²) < 4.78 is 6.01. The molecule has 4 saturated carbocycles. The molecule has 4 aliphatic rings. The number of aromatic nitrogens is 4. The van der Waals surface area contributed by atoms with Crippen molar-refractivity contribution < 1.29 is 0 Å². The van der Waals surface area contributed by atoms with Crippen LogP contribution in [0.15, 0.2) is 0 Å². The van der Waals surface area contributed by atoms with E-state index >= 15 is 0 Å². The van der Waals surface area contributed by atoms with Crippen LogP contribution in [0.25, 0.3) is 11.2 Å². The van der Waals surface area contributed by atoms with Crippen molar-refractivity contribution in [3.05, 3.63) is 15.2 Å². The van der Waals surface area contributed by atoms with Crippen LogP contribution in [-0.4, -0.2) is 19.1 Å². The maximum atomic E-state index is 5.84. The Hall–Kier alpha value is -1.01. The van der Waals surface area contributed by atoms with E-state index in [9.17, 15) is 0 Å². The van der Waals surface area contributed by atoms with Gasteiger partial charge in [0.25, 0.3) is 0 Å². The largest absolute Gasteiger partial charge is 0.338 e. The molecule has 4 aliphatic carbocycles. The Balaban J connectivity index is 1.73. The van der Waals surface area contributed by atoms with E-state index in [-0.39, 0.29) is 5.41 Å². The van der Waals surface area contributed by atoms with Gasteiger partial charge in [-0.3, -0.25) is 0 Å². The molecule has 26 heavy (non-hydrogen) atoms. The fraction of sp³-hybridized carbons (Fsp3) is 0.750. The minimum Gasteiger partial charge on any atom is -0.338 e. The molecule has 4 bridgehead atoms. The smallest absolute Gasteiger partial charge is 0.182 e. The van der Waals surface area contributed by atoms with Crippen LogP contribution in [0.5, 0.6) is 0 Å². The molecule has 6 rings (SSSR count). The Morgan fingerprint density at radius 3 is 2.35 bits per heavy atom. The second kappa shape index (κ2) is 5.99. The minimum atomic E-state index is 0.287. The van der Waals surface area contributed by atoms with Crippen molar-refractivity contribution in [2.45, 2.75) is 77.3 Å². The number of imidazole rings is 1. The van der Waals surface area contributed by atoms with Crippen LogP contribution in [0.3, 0.4) is 0 Å². The van der Waals surface area contributed by atoms with E-state index in [0.29, 0.717) is 0 Å². The fourth-order valence-electron chi connectivity index (χ4n) is 6.43. The lowest BCUT2D eigenvalue weighted by Crippen LogP contribution is -2.29. The first kappa shape index (κ1) is 17.1. The summed E-state index contributed by atoms with van der Waals surface area (Å²) in [5.74, 6) is 3.88. The average Bonchev–Trinajstić information content (AvgIpc) is 3.24. The van der Waals surface area contributed by atoms with Gasteiger partial charge < -0.3 is 14.1 Å². The molecule has 2 unspecified atom stereocenters. The van der Waals surface area contributed by atoms with Gasteiger partial charge in [0.2, 0.25) is 0 Å². The van der Waals surface area contributed by atoms with Crippen LogP contribution in [0, 0.1) is 27.2 Å². The Morgan fingerprint density at radius 2 is 1.69 bits per heavy atom. The monoisotopic (exact) mass is 388 g/mol. The van der Waals surface area contributed by atoms with E-state index in [1.165, 1.54) is 37.9 Å². The number of nitrogens with one attached hydrogen (secondary N) is 1. The minimum absolute atomic E-state index is 0.287. The van der Waals surface area contributed by atoms with Gasteiger partial charge in [0.1, 0.15) is 16.0 Å². The number of hydrogen-bond acceptors (Lipinski definition) is 3. The number of rotatable bonds is 5. The van der Waals surface area contributed by atoms with Crippen LogP contribution in [0.1, 0.15) is 64.6 Å².